The minimum absolute atomic E-state index is 0. The molecule has 0 aliphatic carbocycles. The lowest BCUT2D eigenvalue weighted by atomic mass is 10.1. The van der Waals surface area contributed by atoms with Crippen molar-refractivity contribution in [1.82, 2.24) is 10.3 Å². The Morgan fingerprint density at radius 3 is 2.48 bits per heavy atom. The number of sulfone groups is 1. The first kappa shape index (κ1) is 22.1. The van der Waals surface area contributed by atoms with Crippen molar-refractivity contribution >= 4 is 62.0 Å². The van der Waals surface area contributed by atoms with Crippen LogP contribution in [0.25, 0.3) is 10.8 Å². The second kappa shape index (κ2) is 9.06. The minimum atomic E-state index is -3.73. The summed E-state index contributed by atoms with van der Waals surface area (Å²) in [6, 6.07) is 11.4. The van der Waals surface area contributed by atoms with Crippen LogP contribution in [0.4, 0.5) is 5.82 Å². The molecule has 29 heavy (non-hydrogen) atoms. The summed E-state index contributed by atoms with van der Waals surface area (Å²) in [5.74, 6) is 0.812. The maximum absolute atomic E-state index is 13.1. The van der Waals surface area contributed by atoms with Gasteiger partial charge in [0.15, 0.2) is 0 Å². The molecule has 0 amide bonds. The third-order valence-corrected chi connectivity index (χ3v) is 7.36. The topological polar surface area (TPSA) is 62.3 Å². The average Bonchev–Trinajstić information content (AvgIpc) is 2.98. The van der Waals surface area contributed by atoms with Crippen molar-refractivity contribution < 1.29 is 8.42 Å². The molecule has 0 unspecified atom stereocenters. The van der Waals surface area contributed by atoms with Crippen molar-refractivity contribution in [2.24, 2.45) is 0 Å². The Morgan fingerprint density at radius 2 is 1.69 bits per heavy atom. The average molecular weight is 473 g/mol. The van der Waals surface area contributed by atoms with E-state index in [1.807, 2.05) is 12.1 Å². The summed E-state index contributed by atoms with van der Waals surface area (Å²) in [5, 5.41) is 5.68. The number of hydrogen-bond acceptors (Lipinski definition) is 5. The number of nitrogens with one attached hydrogen (secondary N) is 1. The number of pyridine rings is 1. The van der Waals surface area contributed by atoms with Gasteiger partial charge in [-0.15, -0.1) is 12.4 Å². The maximum atomic E-state index is 13.1. The summed E-state index contributed by atoms with van der Waals surface area (Å²) >= 11 is 12.0. The molecule has 4 rings (SSSR count). The molecule has 1 saturated heterocycles. The molecule has 9 heteroatoms. The molecule has 1 aromatic heterocycles. The quantitative estimate of drug-likeness (QED) is 0.604. The largest absolute Gasteiger partial charge is 0.355 e. The second-order valence-corrected chi connectivity index (χ2v) is 9.45. The molecule has 1 aliphatic rings. The first-order chi connectivity index (χ1) is 13.5. The molecule has 0 atom stereocenters. The van der Waals surface area contributed by atoms with Crippen molar-refractivity contribution in [2.75, 3.05) is 31.1 Å². The first-order valence-corrected chi connectivity index (χ1v) is 11.3. The number of aromatic nitrogens is 1. The van der Waals surface area contributed by atoms with Crippen LogP contribution in [-0.2, 0) is 9.84 Å². The fourth-order valence-corrected chi connectivity index (χ4v) is 5.06. The van der Waals surface area contributed by atoms with E-state index < -0.39 is 9.84 Å². The summed E-state index contributed by atoms with van der Waals surface area (Å²) < 4.78 is 26.3. The van der Waals surface area contributed by atoms with E-state index >= 15 is 0 Å². The van der Waals surface area contributed by atoms with Gasteiger partial charge in [-0.2, -0.15) is 0 Å². The van der Waals surface area contributed by atoms with Crippen LogP contribution in [0.15, 0.2) is 58.5 Å². The van der Waals surface area contributed by atoms with Gasteiger partial charge in [0.1, 0.15) is 5.82 Å². The van der Waals surface area contributed by atoms with Crippen molar-refractivity contribution in [1.29, 1.82) is 0 Å². The SMILES string of the molecule is Cl.O=S(=O)(c1ccc(Cl)c(Cl)c1)c1ccc2ccnc(N3CCCNCC3)c2c1. The van der Waals surface area contributed by atoms with Gasteiger partial charge in [-0.1, -0.05) is 29.3 Å². The van der Waals surface area contributed by atoms with Crippen LogP contribution in [0.5, 0.6) is 0 Å². The molecule has 5 nitrogen and oxygen atoms in total. The molecule has 0 bridgehead atoms. The van der Waals surface area contributed by atoms with Crippen molar-refractivity contribution in [3.63, 3.8) is 0 Å². The summed E-state index contributed by atoms with van der Waals surface area (Å²) in [6.07, 6.45) is 2.78. The molecule has 3 aromatic rings. The first-order valence-electron chi connectivity index (χ1n) is 9.01. The molecule has 1 aliphatic heterocycles. The molecule has 1 N–H and O–H groups in total. The van der Waals surface area contributed by atoms with Crippen LogP contribution >= 0.6 is 35.6 Å². The summed E-state index contributed by atoms with van der Waals surface area (Å²) in [4.78, 5) is 7.09. The third kappa shape index (κ3) is 4.47. The molecular weight excluding hydrogens is 453 g/mol. The van der Waals surface area contributed by atoms with E-state index in [0.29, 0.717) is 5.02 Å². The molecule has 0 spiro atoms. The zero-order valence-electron chi connectivity index (χ0n) is 15.4. The lowest BCUT2D eigenvalue weighted by molar-refractivity contribution is 0.596. The van der Waals surface area contributed by atoms with Gasteiger partial charge in [0.25, 0.3) is 0 Å². The van der Waals surface area contributed by atoms with Crippen LogP contribution in [0.1, 0.15) is 6.42 Å². The van der Waals surface area contributed by atoms with Gasteiger partial charge in [0.2, 0.25) is 9.84 Å². The Hall–Kier alpha value is -1.57. The van der Waals surface area contributed by atoms with E-state index in [1.54, 1.807) is 18.3 Å². The van der Waals surface area contributed by atoms with Crippen molar-refractivity contribution in [3.05, 3.63) is 58.7 Å². The normalized spacial score (nSPS) is 15.0. The molecule has 0 radical (unpaired) electrons. The van der Waals surface area contributed by atoms with Crippen molar-refractivity contribution in [3.8, 4) is 0 Å². The summed E-state index contributed by atoms with van der Waals surface area (Å²) in [5.41, 5.74) is 0. The van der Waals surface area contributed by atoms with Gasteiger partial charge >= 0.3 is 0 Å². The van der Waals surface area contributed by atoms with Crippen LogP contribution in [0.3, 0.4) is 0 Å². The number of halogens is 3. The highest BCUT2D eigenvalue weighted by atomic mass is 35.5. The fourth-order valence-electron chi connectivity index (χ4n) is 3.39. The van der Waals surface area contributed by atoms with Crippen molar-refractivity contribution in [2.45, 2.75) is 16.2 Å². The monoisotopic (exact) mass is 471 g/mol. The van der Waals surface area contributed by atoms with Crippen LogP contribution in [-0.4, -0.2) is 39.6 Å². The van der Waals surface area contributed by atoms with Gasteiger partial charge in [-0.05, 0) is 54.8 Å². The molecule has 0 saturated carbocycles. The number of anilines is 1. The van der Waals surface area contributed by atoms with Crippen LogP contribution in [0.2, 0.25) is 10.0 Å². The standard InChI is InChI=1S/C20H19Cl2N3O2S.ClH/c21-18-5-4-16(13-19(18)22)28(26,27)15-3-2-14-6-8-24-20(17(14)12-15)25-10-1-7-23-9-11-25;/h2-6,8,12-13,23H,1,7,9-11H2;1H. The number of fused-ring (bicyclic) bond motifs is 1. The minimum Gasteiger partial charge on any atom is -0.355 e. The van der Waals surface area contributed by atoms with Gasteiger partial charge in [-0.3, -0.25) is 0 Å². The van der Waals surface area contributed by atoms with Crippen LogP contribution < -0.4 is 10.2 Å². The van der Waals surface area contributed by atoms with E-state index in [2.05, 4.69) is 15.2 Å². The van der Waals surface area contributed by atoms with E-state index in [9.17, 15) is 8.42 Å². The van der Waals surface area contributed by atoms with E-state index in [0.717, 1.165) is 49.2 Å². The molecule has 2 aromatic carbocycles. The molecular formula is C20H20Cl3N3O2S. The fraction of sp³-hybridized carbons (Fsp3) is 0.250. The lowest BCUT2D eigenvalue weighted by Gasteiger charge is -2.22. The lowest BCUT2D eigenvalue weighted by Crippen LogP contribution is -2.28. The number of rotatable bonds is 3. The van der Waals surface area contributed by atoms with Gasteiger partial charge < -0.3 is 10.2 Å². The zero-order valence-corrected chi connectivity index (χ0v) is 18.6. The molecule has 1 fully saturated rings. The maximum Gasteiger partial charge on any atom is 0.206 e. The van der Waals surface area contributed by atoms with Crippen LogP contribution in [0, 0.1) is 0 Å². The predicted octanol–water partition coefficient (Wildman–Crippen LogP) is 4.60. The van der Waals surface area contributed by atoms with E-state index in [1.165, 1.54) is 18.2 Å². The molecule has 2 heterocycles. The number of benzene rings is 2. The Labute approximate surface area is 186 Å². The Kier molecular flexibility index (Phi) is 6.91. The summed E-state index contributed by atoms with van der Waals surface area (Å²) in [6.45, 7) is 3.55. The number of hydrogen-bond donors (Lipinski definition) is 1. The van der Waals surface area contributed by atoms with Gasteiger partial charge in [0.05, 0.1) is 19.8 Å². The summed E-state index contributed by atoms with van der Waals surface area (Å²) in [7, 11) is -3.73. The van der Waals surface area contributed by atoms with E-state index in [4.69, 9.17) is 23.2 Å². The third-order valence-electron chi connectivity index (χ3n) is 4.87. The smallest absolute Gasteiger partial charge is 0.206 e. The Balaban J connectivity index is 0.00000240. The highest BCUT2D eigenvalue weighted by Crippen LogP contribution is 2.32. The predicted molar refractivity (Wildman–Crippen MR) is 121 cm³/mol. The Morgan fingerprint density at radius 1 is 0.931 bits per heavy atom. The zero-order chi connectivity index (χ0) is 19.7. The van der Waals surface area contributed by atoms with E-state index in [-0.39, 0.29) is 27.2 Å². The highest BCUT2D eigenvalue weighted by molar-refractivity contribution is 7.91. The van der Waals surface area contributed by atoms with Gasteiger partial charge in [-0.25, -0.2) is 13.4 Å². The number of nitrogens with zero attached hydrogens (tertiary/aromatic N) is 2. The highest BCUT2D eigenvalue weighted by Gasteiger charge is 2.21. The second-order valence-electron chi connectivity index (χ2n) is 6.69. The van der Waals surface area contributed by atoms with Gasteiger partial charge in [0, 0.05) is 31.2 Å². The molecule has 154 valence electrons. The Bertz CT molecular complexity index is 1130.